The van der Waals surface area contributed by atoms with Crippen LogP contribution in [0.3, 0.4) is 0 Å². The number of fused-ring (bicyclic) bond motifs is 3. The van der Waals surface area contributed by atoms with Crippen molar-refractivity contribution in [2.45, 2.75) is 93.3 Å². The van der Waals surface area contributed by atoms with Crippen molar-refractivity contribution < 1.29 is 9.47 Å². The van der Waals surface area contributed by atoms with Gasteiger partial charge in [0.2, 0.25) is 6.71 Å². The van der Waals surface area contributed by atoms with Gasteiger partial charge in [-0.1, -0.05) is 154 Å². The molecule has 0 aliphatic carbocycles. The Bertz CT molecular complexity index is 1810. The van der Waals surface area contributed by atoms with E-state index < -0.39 is 0 Å². The Morgan fingerprint density at radius 3 is 1.65 bits per heavy atom. The maximum Gasteiger partial charge on any atom is 0.243 e. The van der Waals surface area contributed by atoms with Crippen LogP contribution in [0.15, 0.2) is 97.1 Å². The third-order valence-electron chi connectivity index (χ3n) is 9.88. The van der Waals surface area contributed by atoms with Crippen molar-refractivity contribution in [3.05, 3.63) is 142 Å². The number of hydrogen-bond donors (Lipinski definition) is 0. The standard InChI is InChI=1S/C37H43BO.C8H10O/c1-22(2)29-18-31(23(3)4)37(32(19-29)24(5)6)38-34-17-26(8)35(39-21-28-13-11-10-12-14-28)20-33(34)30-16-15-25(7)27(9)36(30)38;1-9-7-8-5-3-2-4-6-8/h10-20,22-24H,21H2,1-9H3;2-6H,7H2,1H3. The lowest BCUT2D eigenvalue weighted by Gasteiger charge is -2.27. The molecular weight excluding hydrogens is 583 g/mol. The zero-order valence-electron chi connectivity index (χ0n) is 30.8. The predicted molar refractivity (Wildman–Crippen MR) is 207 cm³/mol. The van der Waals surface area contributed by atoms with Crippen molar-refractivity contribution in [1.29, 1.82) is 0 Å². The first-order valence-electron chi connectivity index (χ1n) is 17.6. The molecule has 1 aliphatic rings. The smallest absolute Gasteiger partial charge is 0.243 e. The molecule has 0 atom stereocenters. The van der Waals surface area contributed by atoms with Crippen LogP contribution in [0.25, 0.3) is 11.1 Å². The highest BCUT2D eigenvalue weighted by molar-refractivity contribution is 6.99. The van der Waals surface area contributed by atoms with Crippen LogP contribution >= 0.6 is 0 Å². The Labute approximate surface area is 290 Å². The number of rotatable bonds is 9. The molecule has 0 N–H and O–H groups in total. The third kappa shape index (κ3) is 7.47. The summed E-state index contributed by atoms with van der Waals surface area (Å²) in [6.07, 6.45) is 0. The van der Waals surface area contributed by atoms with E-state index in [2.05, 4.69) is 129 Å². The normalized spacial score (nSPS) is 11.9. The second kappa shape index (κ2) is 15.4. The lowest BCUT2D eigenvalue weighted by Crippen LogP contribution is -2.53. The van der Waals surface area contributed by atoms with E-state index in [1.165, 1.54) is 72.0 Å². The molecule has 0 spiro atoms. The Morgan fingerprint density at radius 1 is 0.562 bits per heavy atom. The van der Waals surface area contributed by atoms with Gasteiger partial charge in [0.1, 0.15) is 12.4 Å². The summed E-state index contributed by atoms with van der Waals surface area (Å²) in [4.78, 5) is 0. The van der Waals surface area contributed by atoms with E-state index in [0.717, 1.165) is 5.75 Å². The molecule has 0 aromatic heterocycles. The molecule has 5 aromatic rings. The Kier molecular flexibility index (Phi) is 11.3. The third-order valence-corrected chi connectivity index (χ3v) is 9.88. The molecular formula is C45H53BO2. The minimum atomic E-state index is 0.229. The average molecular weight is 637 g/mol. The second-order valence-electron chi connectivity index (χ2n) is 14.4. The molecule has 0 unspecified atom stereocenters. The molecule has 6 rings (SSSR count). The summed E-state index contributed by atoms with van der Waals surface area (Å²) >= 11 is 0. The number of hydrogen-bond acceptors (Lipinski definition) is 2. The number of ether oxygens (including phenoxy) is 2. The Hall–Kier alpha value is -4.08. The summed E-state index contributed by atoms with van der Waals surface area (Å²) < 4.78 is 11.4. The van der Waals surface area contributed by atoms with Crippen molar-refractivity contribution in [1.82, 2.24) is 0 Å². The summed E-state index contributed by atoms with van der Waals surface area (Å²) in [6.45, 7) is 22.4. The van der Waals surface area contributed by atoms with Crippen LogP contribution in [-0.2, 0) is 18.0 Å². The van der Waals surface area contributed by atoms with Gasteiger partial charge in [-0.25, -0.2) is 0 Å². The lowest BCUT2D eigenvalue weighted by molar-refractivity contribution is 0.185. The van der Waals surface area contributed by atoms with Gasteiger partial charge in [0.05, 0.1) is 6.61 Å². The van der Waals surface area contributed by atoms with Crippen LogP contribution in [0, 0.1) is 20.8 Å². The molecule has 5 aromatic carbocycles. The van der Waals surface area contributed by atoms with Gasteiger partial charge in [-0.2, -0.15) is 0 Å². The van der Waals surface area contributed by atoms with Gasteiger partial charge in [0.15, 0.2) is 0 Å². The summed E-state index contributed by atoms with van der Waals surface area (Å²) in [5.74, 6) is 2.38. The Balaban J connectivity index is 0.000000434. The first-order valence-corrected chi connectivity index (χ1v) is 17.6. The molecule has 0 saturated carbocycles. The van der Waals surface area contributed by atoms with E-state index >= 15 is 0 Å². The highest BCUT2D eigenvalue weighted by Gasteiger charge is 2.39. The zero-order valence-corrected chi connectivity index (χ0v) is 30.8. The van der Waals surface area contributed by atoms with Crippen LogP contribution in [0.5, 0.6) is 5.75 Å². The monoisotopic (exact) mass is 636 g/mol. The molecule has 1 heterocycles. The van der Waals surface area contributed by atoms with Crippen molar-refractivity contribution in [3.8, 4) is 16.9 Å². The maximum atomic E-state index is 6.42. The lowest BCUT2D eigenvalue weighted by atomic mass is 9.36. The Morgan fingerprint density at radius 2 is 1.12 bits per heavy atom. The molecule has 0 bridgehead atoms. The topological polar surface area (TPSA) is 18.5 Å². The molecule has 3 heteroatoms. The molecule has 48 heavy (non-hydrogen) atoms. The van der Waals surface area contributed by atoms with Gasteiger partial charge in [0.25, 0.3) is 0 Å². The van der Waals surface area contributed by atoms with E-state index in [4.69, 9.17) is 9.47 Å². The molecule has 2 nitrogen and oxygen atoms in total. The van der Waals surface area contributed by atoms with Gasteiger partial charge >= 0.3 is 0 Å². The van der Waals surface area contributed by atoms with Crippen molar-refractivity contribution in [2.75, 3.05) is 7.11 Å². The van der Waals surface area contributed by atoms with E-state index in [9.17, 15) is 0 Å². The van der Waals surface area contributed by atoms with Gasteiger partial charge in [-0.3, -0.25) is 0 Å². The largest absolute Gasteiger partial charge is 0.489 e. The van der Waals surface area contributed by atoms with Crippen molar-refractivity contribution in [3.63, 3.8) is 0 Å². The first kappa shape index (κ1) is 35.2. The molecule has 0 saturated heterocycles. The van der Waals surface area contributed by atoms with Crippen LogP contribution in [0.1, 0.15) is 104 Å². The fourth-order valence-corrected chi connectivity index (χ4v) is 7.06. The van der Waals surface area contributed by atoms with Crippen LogP contribution < -0.4 is 21.1 Å². The number of aryl methyl sites for hydroxylation is 2. The summed E-state index contributed by atoms with van der Waals surface area (Å²) in [5.41, 5.74) is 17.9. The minimum Gasteiger partial charge on any atom is -0.489 e. The quantitative estimate of drug-likeness (QED) is 0.147. The first-order chi connectivity index (χ1) is 23.0. The van der Waals surface area contributed by atoms with Crippen LogP contribution in [-0.4, -0.2) is 13.8 Å². The van der Waals surface area contributed by atoms with E-state index in [-0.39, 0.29) is 6.71 Å². The SMILES string of the molecule is COCc1ccccc1.Cc1cc2c(cc1OCc1ccccc1)-c1ccc(C)c(C)c1B2c1c(C(C)C)cc(C(C)C)cc1C(C)C. The molecule has 1 aliphatic heterocycles. The predicted octanol–water partition coefficient (Wildman–Crippen LogP) is 9.89. The second-order valence-corrected chi connectivity index (χ2v) is 14.4. The van der Waals surface area contributed by atoms with Crippen LogP contribution in [0.4, 0.5) is 0 Å². The van der Waals surface area contributed by atoms with Crippen LogP contribution in [0.2, 0.25) is 0 Å². The van der Waals surface area contributed by atoms with Crippen molar-refractivity contribution >= 4 is 23.1 Å². The summed E-state index contributed by atoms with van der Waals surface area (Å²) in [6, 6.07) is 34.9. The van der Waals surface area contributed by atoms with Gasteiger partial charge in [-0.15, -0.1) is 0 Å². The van der Waals surface area contributed by atoms with Gasteiger partial charge < -0.3 is 9.47 Å². The molecule has 0 fully saturated rings. The van der Waals surface area contributed by atoms with E-state index in [0.29, 0.717) is 31.0 Å². The number of methoxy groups -OCH3 is 1. The van der Waals surface area contributed by atoms with E-state index in [1.807, 2.05) is 30.3 Å². The fraction of sp³-hybridized carbons (Fsp3) is 0.333. The van der Waals surface area contributed by atoms with Gasteiger partial charge in [0, 0.05) is 7.11 Å². The zero-order chi connectivity index (χ0) is 34.5. The molecule has 248 valence electrons. The highest BCUT2D eigenvalue weighted by Crippen LogP contribution is 2.34. The minimum absolute atomic E-state index is 0.229. The fourth-order valence-electron chi connectivity index (χ4n) is 7.06. The average Bonchev–Trinajstić information content (AvgIpc) is 3.39. The van der Waals surface area contributed by atoms with E-state index in [1.54, 1.807) is 7.11 Å². The van der Waals surface area contributed by atoms with Gasteiger partial charge in [-0.05, 0) is 94.7 Å². The molecule has 0 amide bonds. The number of benzene rings is 5. The summed E-state index contributed by atoms with van der Waals surface area (Å²) in [5, 5.41) is 0. The summed E-state index contributed by atoms with van der Waals surface area (Å²) in [7, 11) is 1.70. The highest BCUT2D eigenvalue weighted by atomic mass is 16.5. The van der Waals surface area contributed by atoms with Crippen molar-refractivity contribution in [2.24, 2.45) is 0 Å². The molecule has 0 radical (unpaired) electrons. The maximum absolute atomic E-state index is 6.42.